The predicted molar refractivity (Wildman–Crippen MR) is 58.7 cm³/mol. The highest BCUT2D eigenvalue weighted by Gasteiger charge is 2.06. The van der Waals surface area contributed by atoms with E-state index in [2.05, 4.69) is 20.9 Å². The van der Waals surface area contributed by atoms with Gasteiger partial charge < -0.3 is 4.90 Å². The monoisotopic (exact) mass is 256 g/mol. The standard InChI is InChI=1S/C10H13BrN2O/c1-3-13(8(2)14)7-9-4-10(11)6-12-5-9/h4-6H,3,7H2,1-2H3. The van der Waals surface area contributed by atoms with E-state index in [1.54, 1.807) is 24.2 Å². The molecule has 0 unspecified atom stereocenters. The molecule has 0 aliphatic carbocycles. The Morgan fingerprint density at radius 3 is 2.79 bits per heavy atom. The number of carbonyl (C=O) groups excluding carboxylic acids is 1. The van der Waals surface area contributed by atoms with Gasteiger partial charge in [-0.05, 0) is 34.5 Å². The molecule has 0 radical (unpaired) electrons. The molecule has 0 N–H and O–H groups in total. The van der Waals surface area contributed by atoms with Crippen LogP contribution in [0.1, 0.15) is 19.4 Å². The van der Waals surface area contributed by atoms with Crippen LogP contribution in [0.2, 0.25) is 0 Å². The molecule has 3 nitrogen and oxygen atoms in total. The van der Waals surface area contributed by atoms with E-state index in [0.29, 0.717) is 6.54 Å². The lowest BCUT2D eigenvalue weighted by molar-refractivity contribution is -0.129. The second-order valence-electron chi connectivity index (χ2n) is 3.04. The zero-order valence-corrected chi connectivity index (χ0v) is 9.91. The van der Waals surface area contributed by atoms with Crippen LogP contribution < -0.4 is 0 Å². The molecule has 0 aromatic carbocycles. The Morgan fingerprint density at radius 2 is 2.29 bits per heavy atom. The smallest absolute Gasteiger partial charge is 0.219 e. The topological polar surface area (TPSA) is 33.2 Å². The Hall–Kier alpha value is -0.900. The van der Waals surface area contributed by atoms with Crippen molar-refractivity contribution < 1.29 is 4.79 Å². The Kier molecular flexibility index (Phi) is 4.07. The summed E-state index contributed by atoms with van der Waals surface area (Å²) in [5.41, 5.74) is 1.04. The zero-order chi connectivity index (χ0) is 10.6. The fourth-order valence-electron chi connectivity index (χ4n) is 1.21. The number of nitrogens with zero attached hydrogens (tertiary/aromatic N) is 2. The molecule has 1 amide bonds. The van der Waals surface area contributed by atoms with Crippen LogP contribution in [0.25, 0.3) is 0 Å². The summed E-state index contributed by atoms with van der Waals surface area (Å²) in [6.45, 7) is 4.89. The van der Waals surface area contributed by atoms with Gasteiger partial charge in [-0.15, -0.1) is 0 Å². The number of pyridine rings is 1. The highest BCUT2D eigenvalue weighted by molar-refractivity contribution is 9.10. The normalized spacial score (nSPS) is 9.93. The van der Waals surface area contributed by atoms with Crippen LogP contribution in [0.15, 0.2) is 22.9 Å². The molecular formula is C10H13BrN2O. The van der Waals surface area contributed by atoms with Crippen molar-refractivity contribution in [3.63, 3.8) is 0 Å². The minimum Gasteiger partial charge on any atom is -0.339 e. The minimum absolute atomic E-state index is 0.0903. The fourth-order valence-corrected chi connectivity index (χ4v) is 1.62. The van der Waals surface area contributed by atoms with Gasteiger partial charge >= 0.3 is 0 Å². The first-order valence-corrected chi connectivity index (χ1v) is 5.27. The van der Waals surface area contributed by atoms with Gasteiger partial charge in [-0.1, -0.05) is 0 Å². The van der Waals surface area contributed by atoms with Crippen LogP contribution in [0, 0.1) is 0 Å². The summed E-state index contributed by atoms with van der Waals surface area (Å²) in [4.78, 5) is 17.0. The van der Waals surface area contributed by atoms with Gasteiger partial charge in [0.1, 0.15) is 0 Å². The van der Waals surface area contributed by atoms with Gasteiger partial charge in [0.05, 0.1) is 0 Å². The van der Waals surface area contributed by atoms with Gasteiger partial charge in [0, 0.05) is 36.9 Å². The van der Waals surface area contributed by atoms with Crippen molar-refractivity contribution in [2.24, 2.45) is 0 Å². The van der Waals surface area contributed by atoms with Crippen molar-refractivity contribution in [3.8, 4) is 0 Å². The number of rotatable bonds is 3. The molecule has 0 saturated carbocycles. The maximum atomic E-state index is 11.2. The molecule has 1 aromatic rings. The van der Waals surface area contributed by atoms with E-state index in [9.17, 15) is 4.79 Å². The van der Waals surface area contributed by atoms with E-state index in [4.69, 9.17) is 0 Å². The van der Waals surface area contributed by atoms with E-state index in [-0.39, 0.29) is 5.91 Å². The summed E-state index contributed by atoms with van der Waals surface area (Å²) in [5.74, 6) is 0.0903. The summed E-state index contributed by atoms with van der Waals surface area (Å²) in [6.07, 6.45) is 3.50. The molecule has 1 heterocycles. The average Bonchev–Trinajstić information content (AvgIpc) is 2.14. The predicted octanol–water partition coefficient (Wildman–Crippen LogP) is 2.21. The first kappa shape index (κ1) is 11.2. The Morgan fingerprint density at radius 1 is 1.57 bits per heavy atom. The molecule has 0 atom stereocenters. The van der Waals surface area contributed by atoms with Crippen molar-refractivity contribution >= 4 is 21.8 Å². The Labute approximate surface area is 92.3 Å². The van der Waals surface area contributed by atoms with Gasteiger partial charge in [-0.25, -0.2) is 0 Å². The third-order valence-corrected chi connectivity index (χ3v) is 2.40. The van der Waals surface area contributed by atoms with Crippen molar-refractivity contribution in [2.45, 2.75) is 20.4 Å². The van der Waals surface area contributed by atoms with Crippen molar-refractivity contribution in [3.05, 3.63) is 28.5 Å². The van der Waals surface area contributed by atoms with Crippen LogP contribution in [-0.4, -0.2) is 22.3 Å². The van der Waals surface area contributed by atoms with Gasteiger partial charge in [0.2, 0.25) is 5.91 Å². The molecule has 0 bridgehead atoms. The molecule has 0 spiro atoms. The molecule has 1 rings (SSSR count). The first-order valence-electron chi connectivity index (χ1n) is 4.48. The summed E-state index contributed by atoms with van der Waals surface area (Å²) >= 11 is 3.35. The van der Waals surface area contributed by atoms with Crippen LogP contribution in [0.3, 0.4) is 0 Å². The number of aromatic nitrogens is 1. The second kappa shape index (κ2) is 5.10. The van der Waals surface area contributed by atoms with Gasteiger partial charge in [0.15, 0.2) is 0 Å². The summed E-state index contributed by atoms with van der Waals surface area (Å²) < 4.78 is 0.939. The van der Waals surface area contributed by atoms with E-state index in [1.165, 1.54) is 0 Å². The molecule has 0 aliphatic heterocycles. The molecule has 0 saturated heterocycles. The quantitative estimate of drug-likeness (QED) is 0.831. The highest BCUT2D eigenvalue weighted by Crippen LogP contribution is 2.11. The van der Waals surface area contributed by atoms with Gasteiger partial charge in [0.25, 0.3) is 0 Å². The third-order valence-electron chi connectivity index (χ3n) is 1.96. The molecular weight excluding hydrogens is 244 g/mol. The van der Waals surface area contributed by atoms with Crippen molar-refractivity contribution in [1.82, 2.24) is 9.88 Å². The maximum absolute atomic E-state index is 11.2. The van der Waals surface area contributed by atoms with Crippen LogP contribution in [0.5, 0.6) is 0 Å². The van der Waals surface area contributed by atoms with Crippen LogP contribution in [-0.2, 0) is 11.3 Å². The van der Waals surface area contributed by atoms with Crippen LogP contribution in [0.4, 0.5) is 0 Å². The lowest BCUT2D eigenvalue weighted by atomic mass is 10.2. The lowest BCUT2D eigenvalue weighted by Crippen LogP contribution is -2.27. The van der Waals surface area contributed by atoms with Gasteiger partial charge in [-0.2, -0.15) is 0 Å². The largest absolute Gasteiger partial charge is 0.339 e. The number of carbonyl (C=O) groups is 1. The van der Waals surface area contributed by atoms with Crippen LogP contribution >= 0.6 is 15.9 Å². The second-order valence-corrected chi connectivity index (χ2v) is 3.96. The molecule has 1 aromatic heterocycles. The maximum Gasteiger partial charge on any atom is 0.219 e. The Bertz CT molecular complexity index is 328. The van der Waals surface area contributed by atoms with Gasteiger partial charge in [-0.3, -0.25) is 9.78 Å². The van der Waals surface area contributed by atoms with Crippen molar-refractivity contribution in [1.29, 1.82) is 0 Å². The minimum atomic E-state index is 0.0903. The first-order chi connectivity index (χ1) is 6.63. The lowest BCUT2D eigenvalue weighted by Gasteiger charge is -2.18. The molecule has 0 fully saturated rings. The number of halogens is 1. The fraction of sp³-hybridized carbons (Fsp3) is 0.400. The Balaban J connectivity index is 2.72. The van der Waals surface area contributed by atoms with E-state index < -0.39 is 0 Å². The molecule has 14 heavy (non-hydrogen) atoms. The molecule has 76 valence electrons. The summed E-state index contributed by atoms with van der Waals surface area (Å²) in [5, 5.41) is 0. The summed E-state index contributed by atoms with van der Waals surface area (Å²) in [6, 6.07) is 1.97. The number of hydrogen-bond acceptors (Lipinski definition) is 2. The van der Waals surface area contributed by atoms with Crippen molar-refractivity contribution in [2.75, 3.05) is 6.54 Å². The van der Waals surface area contributed by atoms with E-state index >= 15 is 0 Å². The van der Waals surface area contributed by atoms with E-state index in [1.807, 2.05) is 13.0 Å². The zero-order valence-electron chi connectivity index (χ0n) is 8.33. The molecule has 0 aliphatic rings. The summed E-state index contributed by atoms with van der Waals surface area (Å²) in [7, 11) is 0. The third kappa shape index (κ3) is 3.10. The number of amides is 1. The number of hydrogen-bond donors (Lipinski definition) is 0. The van der Waals surface area contributed by atoms with E-state index in [0.717, 1.165) is 16.6 Å². The average molecular weight is 257 g/mol. The SMILES string of the molecule is CCN(Cc1cncc(Br)c1)C(C)=O. The molecule has 4 heteroatoms. The highest BCUT2D eigenvalue weighted by atomic mass is 79.9.